The minimum Gasteiger partial charge on any atom is -0.394 e. The highest BCUT2D eigenvalue weighted by molar-refractivity contribution is 5.05. The third-order valence-electron chi connectivity index (χ3n) is 2.01. The highest BCUT2D eigenvalue weighted by atomic mass is 16.4. The Morgan fingerprint density at radius 2 is 1.87 bits per heavy atom. The monoisotopic (exact) mass is 214 g/mol. The largest absolute Gasteiger partial charge is 0.394 e. The molecule has 0 spiro atoms. The van der Waals surface area contributed by atoms with Crippen molar-refractivity contribution < 1.29 is 20.4 Å². The molecule has 84 valence electrons. The van der Waals surface area contributed by atoms with E-state index in [0.717, 1.165) is 0 Å². The highest BCUT2D eigenvalue weighted by Gasteiger charge is 2.26. The predicted molar refractivity (Wildman–Crippen MR) is 50.8 cm³/mol. The maximum Gasteiger partial charge on any atom is 0.126 e. The SMILES string of the molecule is Cc1cnc([C@H](O)[C@@H](O)[C@@H](O)CO)cn1. The van der Waals surface area contributed by atoms with Crippen LogP contribution in [-0.4, -0.2) is 49.2 Å². The molecule has 3 atom stereocenters. The molecule has 0 fully saturated rings. The zero-order chi connectivity index (χ0) is 11.4. The quantitative estimate of drug-likeness (QED) is 0.487. The molecule has 0 saturated heterocycles. The Morgan fingerprint density at radius 1 is 1.20 bits per heavy atom. The van der Waals surface area contributed by atoms with E-state index in [4.69, 9.17) is 10.2 Å². The first kappa shape index (κ1) is 12.0. The van der Waals surface area contributed by atoms with E-state index in [1.165, 1.54) is 12.4 Å². The van der Waals surface area contributed by atoms with Gasteiger partial charge in [-0.05, 0) is 6.92 Å². The van der Waals surface area contributed by atoms with Gasteiger partial charge in [0.1, 0.15) is 18.3 Å². The number of aryl methyl sites for hydroxylation is 1. The van der Waals surface area contributed by atoms with Crippen molar-refractivity contribution in [3.8, 4) is 0 Å². The number of aliphatic hydroxyl groups excluding tert-OH is 4. The van der Waals surface area contributed by atoms with Gasteiger partial charge in [0.05, 0.1) is 24.2 Å². The van der Waals surface area contributed by atoms with Crippen molar-refractivity contribution >= 4 is 0 Å². The van der Waals surface area contributed by atoms with Gasteiger partial charge in [0.15, 0.2) is 0 Å². The lowest BCUT2D eigenvalue weighted by molar-refractivity contribution is -0.0790. The van der Waals surface area contributed by atoms with Crippen LogP contribution in [0.1, 0.15) is 17.5 Å². The Bertz CT molecular complexity index is 303. The molecule has 0 amide bonds. The van der Waals surface area contributed by atoms with E-state index in [2.05, 4.69) is 9.97 Å². The molecule has 0 saturated carbocycles. The molecule has 4 N–H and O–H groups in total. The van der Waals surface area contributed by atoms with Crippen molar-refractivity contribution in [2.24, 2.45) is 0 Å². The number of rotatable bonds is 4. The van der Waals surface area contributed by atoms with Gasteiger partial charge in [0, 0.05) is 6.20 Å². The van der Waals surface area contributed by atoms with Crippen LogP contribution in [0, 0.1) is 6.92 Å². The first-order valence-corrected chi connectivity index (χ1v) is 4.50. The topological polar surface area (TPSA) is 107 Å². The van der Waals surface area contributed by atoms with E-state index < -0.39 is 24.9 Å². The van der Waals surface area contributed by atoms with Crippen molar-refractivity contribution in [2.75, 3.05) is 6.61 Å². The van der Waals surface area contributed by atoms with Crippen molar-refractivity contribution in [1.82, 2.24) is 9.97 Å². The smallest absolute Gasteiger partial charge is 0.126 e. The standard InChI is InChI=1S/C9H14N2O4/c1-5-2-11-6(3-10-5)8(14)9(15)7(13)4-12/h2-3,7-9,12-15H,4H2,1H3/t7-,8-,9-/m0/s1. The summed E-state index contributed by atoms with van der Waals surface area (Å²) in [4.78, 5) is 7.74. The van der Waals surface area contributed by atoms with Gasteiger partial charge in [-0.3, -0.25) is 9.97 Å². The number of aliphatic hydroxyl groups is 4. The molecular weight excluding hydrogens is 200 g/mol. The van der Waals surface area contributed by atoms with Crippen LogP contribution in [0.4, 0.5) is 0 Å². The van der Waals surface area contributed by atoms with E-state index in [1.54, 1.807) is 6.92 Å². The van der Waals surface area contributed by atoms with Crippen molar-refractivity contribution in [2.45, 2.75) is 25.2 Å². The number of nitrogens with zero attached hydrogens (tertiary/aromatic N) is 2. The van der Waals surface area contributed by atoms with E-state index >= 15 is 0 Å². The molecule has 0 bridgehead atoms. The summed E-state index contributed by atoms with van der Waals surface area (Å²) in [5.74, 6) is 0. The molecule has 0 aromatic carbocycles. The van der Waals surface area contributed by atoms with E-state index in [9.17, 15) is 10.2 Å². The second kappa shape index (κ2) is 5.13. The van der Waals surface area contributed by atoms with Crippen LogP contribution in [0.5, 0.6) is 0 Å². The molecule has 0 aliphatic heterocycles. The average molecular weight is 214 g/mol. The number of hydrogen-bond donors (Lipinski definition) is 4. The van der Waals surface area contributed by atoms with E-state index in [1.807, 2.05) is 0 Å². The molecule has 1 aromatic rings. The third-order valence-corrected chi connectivity index (χ3v) is 2.01. The third kappa shape index (κ3) is 2.93. The normalized spacial score (nSPS) is 17.1. The average Bonchev–Trinajstić information content (AvgIpc) is 2.27. The second-order valence-electron chi connectivity index (χ2n) is 3.27. The lowest BCUT2D eigenvalue weighted by Gasteiger charge is -2.20. The summed E-state index contributed by atoms with van der Waals surface area (Å²) >= 11 is 0. The van der Waals surface area contributed by atoms with Crippen molar-refractivity contribution in [1.29, 1.82) is 0 Å². The fourth-order valence-electron chi connectivity index (χ4n) is 1.05. The summed E-state index contributed by atoms with van der Waals surface area (Å²) in [7, 11) is 0. The van der Waals surface area contributed by atoms with E-state index in [-0.39, 0.29) is 5.69 Å². The van der Waals surface area contributed by atoms with Crippen LogP contribution >= 0.6 is 0 Å². The Morgan fingerprint density at radius 3 is 2.33 bits per heavy atom. The summed E-state index contributed by atoms with van der Waals surface area (Å²) in [6.45, 7) is 1.11. The second-order valence-corrected chi connectivity index (χ2v) is 3.27. The Hall–Kier alpha value is -1.08. The molecule has 0 aliphatic carbocycles. The van der Waals surface area contributed by atoms with Crippen LogP contribution < -0.4 is 0 Å². The minimum absolute atomic E-state index is 0.153. The highest BCUT2D eigenvalue weighted by Crippen LogP contribution is 2.15. The maximum absolute atomic E-state index is 9.56. The van der Waals surface area contributed by atoms with Crippen LogP contribution in [-0.2, 0) is 0 Å². The molecule has 1 rings (SSSR count). The first-order chi connectivity index (χ1) is 7.06. The molecule has 1 heterocycles. The molecule has 15 heavy (non-hydrogen) atoms. The van der Waals surface area contributed by atoms with Gasteiger partial charge in [0.2, 0.25) is 0 Å². The molecule has 6 heteroatoms. The van der Waals surface area contributed by atoms with Crippen LogP contribution in [0.3, 0.4) is 0 Å². The maximum atomic E-state index is 9.56. The van der Waals surface area contributed by atoms with Gasteiger partial charge in [-0.1, -0.05) is 0 Å². The van der Waals surface area contributed by atoms with Crippen LogP contribution in [0.25, 0.3) is 0 Å². The Kier molecular flexibility index (Phi) is 4.10. The Labute approximate surface area is 86.9 Å². The molecule has 0 radical (unpaired) electrons. The molecule has 1 aromatic heterocycles. The molecule has 6 nitrogen and oxygen atoms in total. The van der Waals surface area contributed by atoms with Gasteiger partial charge in [0.25, 0.3) is 0 Å². The number of hydrogen-bond acceptors (Lipinski definition) is 6. The molecule has 0 unspecified atom stereocenters. The summed E-state index contributed by atoms with van der Waals surface area (Å²) in [5, 5.41) is 36.6. The van der Waals surface area contributed by atoms with Gasteiger partial charge in [-0.15, -0.1) is 0 Å². The van der Waals surface area contributed by atoms with Gasteiger partial charge >= 0.3 is 0 Å². The summed E-state index contributed by atoms with van der Waals surface area (Å²) in [6, 6.07) is 0. The van der Waals surface area contributed by atoms with E-state index in [0.29, 0.717) is 5.69 Å². The van der Waals surface area contributed by atoms with Crippen LogP contribution in [0.15, 0.2) is 12.4 Å². The van der Waals surface area contributed by atoms with Gasteiger partial charge in [-0.2, -0.15) is 0 Å². The van der Waals surface area contributed by atoms with Crippen molar-refractivity contribution in [3.05, 3.63) is 23.8 Å². The predicted octanol–water partition coefficient (Wildman–Crippen LogP) is -1.47. The Balaban J connectivity index is 2.75. The lowest BCUT2D eigenvalue weighted by atomic mass is 10.1. The van der Waals surface area contributed by atoms with Gasteiger partial charge < -0.3 is 20.4 Å². The zero-order valence-electron chi connectivity index (χ0n) is 8.28. The minimum atomic E-state index is -1.48. The summed E-state index contributed by atoms with van der Waals surface area (Å²) in [5.41, 5.74) is 0.837. The first-order valence-electron chi connectivity index (χ1n) is 4.50. The lowest BCUT2D eigenvalue weighted by Crippen LogP contribution is -2.35. The number of aromatic nitrogens is 2. The fraction of sp³-hybridized carbons (Fsp3) is 0.556. The summed E-state index contributed by atoms with van der Waals surface area (Å²) < 4.78 is 0. The molecule has 0 aliphatic rings. The zero-order valence-corrected chi connectivity index (χ0v) is 8.28. The fourth-order valence-corrected chi connectivity index (χ4v) is 1.05. The summed E-state index contributed by atoms with van der Waals surface area (Å²) in [6.07, 6.45) is -1.49. The van der Waals surface area contributed by atoms with Gasteiger partial charge in [-0.25, -0.2) is 0 Å². The van der Waals surface area contributed by atoms with Crippen LogP contribution in [0.2, 0.25) is 0 Å². The molecular formula is C9H14N2O4. The van der Waals surface area contributed by atoms with Crippen molar-refractivity contribution in [3.63, 3.8) is 0 Å².